The molecule has 2 amide bonds. The smallest absolute Gasteiger partial charge is 0.244 e. The Labute approximate surface area is 226 Å². The molecule has 0 unspecified atom stereocenters. The largest absolute Gasteiger partial charge is 0.354 e. The molecule has 0 aliphatic heterocycles. The number of hydrogen-bond donors (Lipinski definition) is 1. The zero-order valence-corrected chi connectivity index (χ0v) is 23.3. The van der Waals surface area contributed by atoms with Crippen LogP contribution in [0.25, 0.3) is 0 Å². The van der Waals surface area contributed by atoms with Gasteiger partial charge in [0.15, 0.2) is 0 Å². The quantitative estimate of drug-likeness (QED) is 0.346. The van der Waals surface area contributed by atoms with Gasteiger partial charge in [-0.2, -0.15) is 0 Å². The van der Waals surface area contributed by atoms with E-state index in [1.54, 1.807) is 19.1 Å². The fourth-order valence-corrected chi connectivity index (χ4v) is 5.00. The molecule has 2 aromatic rings. The SMILES string of the molecule is CCCCNC(=O)[C@@H](CC)N(Cc1ccc(Cl)cc1Cl)C(=O)CN(c1ccc(F)c(Cl)c1)S(C)(=O)=O. The lowest BCUT2D eigenvalue weighted by atomic mass is 10.1. The summed E-state index contributed by atoms with van der Waals surface area (Å²) in [5.74, 6) is -1.74. The van der Waals surface area contributed by atoms with E-state index in [0.717, 1.165) is 35.5 Å². The molecule has 7 nitrogen and oxygen atoms in total. The van der Waals surface area contributed by atoms with Gasteiger partial charge in [-0.15, -0.1) is 0 Å². The van der Waals surface area contributed by atoms with Crippen molar-refractivity contribution in [3.05, 3.63) is 62.8 Å². The summed E-state index contributed by atoms with van der Waals surface area (Å²) in [6, 6.07) is 7.23. The van der Waals surface area contributed by atoms with Crippen LogP contribution in [0.4, 0.5) is 10.1 Å². The van der Waals surface area contributed by atoms with Gasteiger partial charge in [-0.05, 0) is 48.7 Å². The summed E-state index contributed by atoms with van der Waals surface area (Å²) in [6.45, 7) is 3.49. The Balaban J connectivity index is 2.46. The molecule has 1 N–H and O–H groups in total. The molecule has 0 spiro atoms. The first-order chi connectivity index (χ1) is 16.9. The predicted molar refractivity (Wildman–Crippen MR) is 143 cm³/mol. The molecule has 0 saturated carbocycles. The van der Waals surface area contributed by atoms with Crippen molar-refractivity contribution in [1.29, 1.82) is 0 Å². The van der Waals surface area contributed by atoms with E-state index in [9.17, 15) is 22.4 Å². The van der Waals surface area contributed by atoms with Gasteiger partial charge >= 0.3 is 0 Å². The molecule has 12 heteroatoms. The normalized spacial score (nSPS) is 12.2. The Kier molecular flexibility index (Phi) is 11.3. The van der Waals surface area contributed by atoms with Crippen molar-refractivity contribution in [3.8, 4) is 0 Å². The molecule has 0 aromatic heterocycles. The molecule has 0 bridgehead atoms. The molecule has 198 valence electrons. The fourth-order valence-electron chi connectivity index (χ4n) is 3.51. The predicted octanol–water partition coefficient (Wildman–Crippen LogP) is 5.28. The van der Waals surface area contributed by atoms with Gasteiger partial charge in [0, 0.05) is 23.1 Å². The molecule has 0 aliphatic rings. The molecule has 2 aromatic carbocycles. The fraction of sp³-hybridized carbons (Fsp3) is 0.417. The number of carbonyl (C=O) groups excluding carboxylic acids is 2. The minimum atomic E-state index is -3.97. The lowest BCUT2D eigenvalue weighted by Crippen LogP contribution is -2.52. The van der Waals surface area contributed by atoms with Gasteiger partial charge in [0.25, 0.3) is 0 Å². The molecular formula is C24H29Cl3FN3O4S. The van der Waals surface area contributed by atoms with E-state index in [0.29, 0.717) is 22.2 Å². The molecule has 2 rings (SSSR count). The number of hydrogen-bond acceptors (Lipinski definition) is 4. The van der Waals surface area contributed by atoms with Crippen molar-refractivity contribution in [1.82, 2.24) is 10.2 Å². The first-order valence-corrected chi connectivity index (χ1v) is 14.3. The van der Waals surface area contributed by atoms with Crippen LogP contribution in [-0.2, 0) is 26.2 Å². The number of nitrogens with one attached hydrogen (secondary N) is 1. The van der Waals surface area contributed by atoms with Crippen LogP contribution in [0.3, 0.4) is 0 Å². The van der Waals surface area contributed by atoms with Crippen LogP contribution in [0.2, 0.25) is 15.1 Å². The van der Waals surface area contributed by atoms with Crippen LogP contribution in [-0.4, -0.2) is 50.5 Å². The second kappa shape index (κ2) is 13.5. The maximum atomic E-state index is 13.7. The molecule has 0 saturated heterocycles. The Hall–Kier alpha value is -2.07. The van der Waals surface area contributed by atoms with Crippen molar-refractivity contribution in [2.75, 3.05) is 23.7 Å². The number of nitrogens with zero attached hydrogens (tertiary/aromatic N) is 2. The third-order valence-electron chi connectivity index (χ3n) is 5.44. The van der Waals surface area contributed by atoms with E-state index in [1.165, 1.54) is 17.0 Å². The average Bonchev–Trinajstić information content (AvgIpc) is 2.80. The second-order valence-corrected chi connectivity index (χ2v) is 11.4. The number of sulfonamides is 1. The molecule has 1 atom stereocenters. The summed E-state index contributed by atoms with van der Waals surface area (Å²) in [4.78, 5) is 27.9. The van der Waals surface area contributed by atoms with Crippen molar-refractivity contribution in [2.24, 2.45) is 0 Å². The van der Waals surface area contributed by atoms with E-state index < -0.39 is 34.3 Å². The summed E-state index contributed by atoms with van der Waals surface area (Å²) in [5.41, 5.74) is 0.548. The minimum absolute atomic E-state index is 0.0159. The third kappa shape index (κ3) is 8.23. The van der Waals surface area contributed by atoms with Gasteiger partial charge in [0.2, 0.25) is 21.8 Å². The number of unbranched alkanes of at least 4 members (excludes halogenated alkanes) is 1. The lowest BCUT2D eigenvalue weighted by Gasteiger charge is -2.33. The maximum absolute atomic E-state index is 13.7. The van der Waals surface area contributed by atoms with Crippen LogP contribution >= 0.6 is 34.8 Å². The Morgan fingerprint density at radius 3 is 2.31 bits per heavy atom. The van der Waals surface area contributed by atoms with Crippen LogP contribution in [0.5, 0.6) is 0 Å². The van der Waals surface area contributed by atoms with Crippen LogP contribution in [0.15, 0.2) is 36.4 Å². The number of rotatable bonds is 12. The number of benzene rings is 2. The van der Waals surface area contributed by atoms with Gasteiger partial charge in [-0.3, -0.25) is 13.9 Å². The van der Waals surface area contributed by atoms with Crippen molar-refractivity contribution < 1.29 is 22.4 Å². The molecule has 0 aliphatic carbocycles. The first kappa shape index (κ1) is 30.2. The third-order valence-corrected chi connectivity index (χ3v) is 7.46. The van der Waals surface area contributed by atoms with Gasteiger partial charge in [0.05, 0.1) is 17.0 Å². The van der Waals surface area contributed by atoms with Crippen molar-refractivity contribution in [2.45, 2.75) is 45.7 Å². The standard InChI is InChI=1S/C24H29Cl3FN3O4S/c1-4-6-11-29-24(33)22(5-2)30(14-16-7-8-17(25)12-19(16)26)23(32)15-31(36(3,34)35)18-9-10-21(28)20(27)13-18/h7-10,12-13,22H,4-6,11,14-15H2,1-3H3,(H,29,33)/t22-/m1/s1. The highest BCUT2D eigenvalue weighted by Gasteiger charge is 2.32. The number of halogens is 4. The Bertz CT molecular complexity index is 1200. The molecule has 0 radical (unpaired) electrons. The summed E-state index contributed by atoms with van der Waals surface area (Å²) >= 11 is 18.2. The van der Waals surface area contributed by atoms with E-state index in [2.05, 4.69) is 5.32 Å². The second-order valence-electron chi connectivity index (χ2n) is 8.19. The minimum Gasteiger partial charge on any atom is -0.354 e. The number of carbonyl (C=O) groups is 2. The van der Waals surface area contributed by atoms with Crippen molar-refractivity contribution in [3.63, 3.8) is 0 Å². The molecule has 0 fully saturated rings. The highest BCUT2D eigenvalue weighted by atomic mass is 35.5. The maximum Gasteiger partial charge on any atom is 0.244 e. The zero-order valence-electron chi connectivity index (χ0n) is 20.2. The van der Waals surface area contributed by atoms with E-state index in [1.807, 2.05) is 6.92 Å². The summed E-state index contributed by atoms with van der Waals surface area (Å²) < 4.78 is 39.7. The highest BCUT2D eigenvalue weighted by molar-refractivity contribution is 7.92. The Morgan fingerprint density at radius 1 is 1.06 bits per heavy atom. The van der Waals surface area contributed by atoms with Crippen LogP contribution in [0, 0.1) is 5.82 Å². The van der Waals surface area contributed by atoms with Gasteiger partial charge < -0.3 is 10.2 Å². The van der Waals surface area contributed by atoms with E-state index in [-0.39, 0.29) is 29.6 Å². The number of amides is 2. The van der Waals surface area contributed by atoms with Gasteiger partial charge in [-0.25, -0.2) is 12.8 Å². The van der Waals surface area contributed by atoms with Crippen molar-refractivity contribution >= 4 is 62.3 Å². The zero-order chi connectivity index (χ0) is 27.0. The monoisotopic (exact) mass is 579 g/mol. The van der Waals surface area contributed by atoms with Gasteiger partial charge in [0.1, 0.15) is 18.4 Å². The van der Waals surface area contributed by atoms with E-state index in [4.69, 9.17) is 34.8 Å². The summed E-state index contributed by atoms with van der Waals surface area (Å²) in [5, 5.41) is 3.24. The van der Waals surface area contributed by atoms with Crippen LogP contribution in [0.1, 0.15) is 38.7 Å². The average molecular weight is 581 g/mol. The molecular weight excluding hydrogens is 552 g/mol. The topological polar surface area (TPSA) is 86.8 Å². The highest BCUT2D eigenvalue weighted by Crippen LogP contribution is 2.26. The summed E-state index contributed by atoms with van der Waals surface area (Å²) in [6.07, 6.45) is 2.85. The van der Waals surface area contributed by atoms with Gasteiger partial charge in [-0.1, -0.05) is 61.1 Å². The number of anilines is 1. The molecule has 36 heavy (non-hydrogen) atoms. The summed E-state index contributed by atoms with van der Waals surface area (Å²) in [7, 11) is -3.97. The first-order valence-electron chi connectivity index (χ1n) is 11.3. The lowest BCUT2D eigenvalue weighted by molar-refractivity contribution is -0.140. The van der Waals surface area contributed by atoms with Crippen LogP contribution < -0.4 is 9.62 Å². The molecule has 0 heterocycles. The Morgan fingerprint density at radius 2 is 1.75 bits per heavy atom. The van der Waals surface area contributed by atoms with E-state index >= 15 is 0 Å².